The van der Waals surface area contributed by atoms with E-state index in [0.29, 0.717) is 11.5 Å². The van der Waals surface area contributed by atoms with E-state index in [1.807, 2.05) is 60.7 Å². The molecule has 0 spiro atoms. The second-order valence-corrected chi connectivity index (χ2v) is 6.63. The molecule has 0 bridgehead atoms. The maximum Gasteiger partial charge on any atom is 0.225 e. The Morgan fingerprint density at radius 1 is 0.893 bits per heavy atom. The molecule has 0 fully saturated rings. The first kappa shape index (κ1) is 19.5. The van der Waals surface area contributed by atoms with E-state index in [9.17, 15) is 4.79 Å². The van der Waals surface area contributed by atoms with Crippen molar-refractivity contribution >= 4 is 5.91 Å². The van der Waals surface area contributed by atoms with Crippen LogP contribution in [-0.2, 0) is 11.2 Å². The maximum atomic E-state index is 12.9. The van der Waals surface area contributed by atoms with Gasteiger partial charge in [-0.15, -0.1) is 0 Å². The van der Waals surface area contributed by atoms with E-state index >= 15 is 0 Å². The third kappa shape index (κ3) is 4.52. The van der Waals surface area contributed by atoms with Crippen LogP contribution < -0.4 is 14.8 Å². The minimum Gasteiger partial charge on any atom is -0.493 e. The van der Waals surface area contributed by atoms with Crippen molar-refractivity contribution in [1.82, 2.24) is 5.32 Å². The van der Waals surface area contributed by atoms with Crippen LogP contribution in [0.5, 0.6) is 11.5 Å². The molecule has 0 aliphatic rings. The Labute approximate surface area is 166 Å². The number of hydrogen-bond donors (Lipinski definition) is 1. The Bertz CT molecular complexity index is 938. The van der Waals surface area contributed by atoms with Gasteiger partial charge in [0.2, 0.25) is 5.91 Å². The molecule has 0 aromatic heterocycles. The normalized spacial score (nSPS) is 11.5. The zero-order valence-corrected chi connectivity index (χ0v) is 16.4. The van der Waals surface area contributed by atoms with Crippen LogP contribution >= 0.6 is 0 Å². The van der Waals surface area contributed by atoms with E-state index in [4.69, 9.17) is 9.47 Å². The highest BCUT2D eigenvalue weighted by atomic mass is 16.5. The van der Waals surface area contributed by atoms with E-state index in [0.717, 1.165) is 22.3 Å². The van der Waals surface area contributed by atoms with E-state index in [1.165, 1.54) is 0 Å². The van der Waals surface area contributed by atoms with Crippen molar-refractivity contribution in [3.8, 4) is 11.5 Å². The molecule has 3 rings (SSSR count). The summed E-state index contributed by atoms with van der Waals surface area (Å²) in [5, 5.41) is 3.19. The monoisotopic (exact) mass is 375 g/mol. The highest BCUT2D eigenvalue weighted by Crippen LogP contribution is 2.28. The highest BCUT2D eigenvalue weighted by molar-refractivity contribution is 5.80. The Balaban J connectivity index is 1.83. The molecular weight excluding hydrogens is 350 g/mol. The molecule has 0 radical (unpaired) electrons. The minimum absolute atomic E-state index is 0.0515. The summed E-state index contributed by atoms with van der Waals surface area (Å²) < 4.78 is 10.6. The Kier molecular flexibility index (Phi) is 6.33. The van der Waals surface area contributed by atoms with Crippen LogP contribution in [0.2, 0.25) is 0 Å². The summed E-state index contributed by atoms with van der Waals surface area (Å²) >= 11 is 0. The van der Waals surface area contributed by atoms with E-state index in [2.05, 4.69) is 24.4 Å². The smallest absolute Gasteiger partial charge is 0.225 e. The summed E-state index contributed by atoms with van der Waals surface area (Å²) in [6.45, 7) is 2.06. The SMILES string of the molecule is COc1ccc(CC(=O)N[C@H](c2ccccc2)c2ccccc2C)cc1OC. The van der Waals surface area contributed by atoms with Crippen molar-refractivity contribution < 1.29 is 14.3 Å². The van der Waals surface area contributed by atoms with Crippen LogP contribution in [0.25, 0.3) is 0 Å². The zero-order valence-electron chi connectivity index (χ0n) is 16.4. The first-order valence-corrected chi connectivity index (χ1v) is 9.23. The lowest BCUT2D eigenvalue weighted by atomic mass is 9.94. The summed E-state index contributed by atoms with van der Waals surface area (Å²) in [6, 6.07) is 23.5. The van der Waals surface area contributed by atoms with Crippen molar-refractivity contribution in [1.29, 1.82) is 0 Å². The van der Waals surface area contributed by atoms with Crippen LogP contribution in [0.15, 0.2) is 72.8 Å². The van der Waals surface area contributed by atoms with E-state index in [-0.39, 0.29) is 18.4 Å². The average Bonchev–Trinajstić information content (AvgIpc) is 2.73. The van der Waals surface area contributed by atoms with Crippen molar-refractivity contribution in [2.45, 2.75) is 19.4 Å². The van der Waals surface area contributed by atoms with Gasteiger partial charge in [0.1, 0.15) is 0 Å². The number of hydrogen-bond acceptors (Lipinski definition) is 3. The fraction of sp³-hybridized carbons (Fsp3) is 0.208. The maximum absolute atomic E-state index is 12.9. The molecule has 3 aromatic carbocycles. The van der Waals surface area contributed by atoms with Crippen LogP contribution in [0.1, 0.15) is 28.3 Å². The number of carbonyl (C=O) groups is 1. The second-order valence-electron chi connectivity index (χ2n) is 6.63. The molecule has 0 saturated heterocycles. The van der Waals surface area contributed by atoms with Gasteiger partial charge in [0.25, 0.3) is 0 Å². The molecule has 4 heteroatoms. The minimum atomic E-state index is -0.199. The number of amides is 1. The molecule has 1 N–H and O–H groups in total. The summed E-state index contributed by atoms with van der Waals surface area (Å²) in [6.07, 6.45) is 0.259. The Morgan fingerprint density at radius 2 is 1.57 bits per heavy atom. The van der Waals surface area contributed by atoms with Crippen LogP contribution in [0.4, 0.5) is 0 Å². The van der Waals surface area contributed by atoms with Gasteiger partial charge in [-0.05, 0) is 41.3 Å². The van der Waals surface area contributed by atoms with Crippen molar-refractivity contribution in [3.05, 3.63) is 95.1 Å². The number of carbonyl (C=O) groups excluding carboxylic acids is 1. The van der Waals surface area contributed by atoms with Gasteiger partial charge >= 0.3 is 0 Å². The summed E-state index contributed by atoms with van der Waals surface area (Å²) in [4.78, 5) is 12.9. The van der Waals surface area contributed by atoms with Gasteiger partial charge in [-0.1, -0.05) is 60.7 Å². The number of aryl methyl sites for hydroxylation is 1. The molecule has 28 heavy (non-hydrogen) atoms. The molecule has 0 saturated carbocycles. The third-order valence-corrected chi connectivity index (χ3v) is 4.75. The molecule has 1 amide bonds. The number of methoxy groups -OCH3 is 2. The molecule has 0 aliphatic heterocycles. The third-order valence-electron chi connectivity index (χ3n) is 4.75. The van der Waals surface area contributed by atoms with Crippen molar-refractivity contribution in [2.75, 3.05) is 14.2 Å². The molecule has 144 valence electrons. The first-order valence-electron chi connectivity index (χ1n) is 9.23. The lowest BCUT2D eigenvalue weighted by Crippen LogP contribution is -2.31. The first-order chi connectivity index (χ1) is 13.6. The molecule has 4 nitrogen and oxygen atoms in total. The van der Waals surface area contributed by atoms with E-state index < -0.39 is 0 Å². The quantitative estimate of drug-likeness (QED) is 0.663. The van der Waals surface area contributed by atoms with Gasteiger partial charge < -0.3 is 14.8 Å². The highest BCUT2D eigenvalue weighted by Gasteiger charge is 2.19. The largest absolute Gasteiger partial charge is 0.493 e. The standard InChI is InChI=1S/C24H25NO3/c1-17-9-7-8-12-20(17)24(19-10-5-4-6-11-19)25-23(26)16-18-13-14-21(27-2)22(15-18)28-3/h4-15,24H,16H2,1-3H3,(H,25,26)/t24-/m1/s1. The molecule has 0 unspecified atom stereocenters. The van der Waals surface area contributed by atoms with Gasteiger partial charge in [-0.3, -0.25) is 4.79 Å². The topological polar surface area (TPSA) is 47.6 Å². The van der Waals surface area contributed by atoms with Crippen LogP contribution in [0, 0.1) is 6.92 Å². The molecular formula is C24H25NO3. The summed E-state index contributed by atoms with van der Waals surface area (Å²) in [7, 11) is 3.18. The fourth-order valence-corrected chi connectivity index (χ4v) is 3.28. The Hall–Kier alpha value is -3.27. The molecule has 1 atom stereocenters. The lowest BCUT2D eigenvalue weighted by Gasteiger charge is -2.22. The number of ether oxygens (including phenoxy) is 2. The molecule has 3 aromatic rings. The van der Waals surface area contributed by atoms with Crippen LogP contribution in [-0.4, -0.2) is 20.1 Å². The van der Waals surface area contributed by atoms with Gasteiger partial charge in [0, 0.05) is 0 Å². The van der Waals surface area contributed by atoms with E-state index in [1.54, 1.807) is 14.2 Å². The number of nitrogens with one attached hydrogen (secondary N) is 1. The van der Waals surface area contributed by atoms with Gasteiger partial charge in [0.05, 0.1) is 26.7 Å². The number of benzene rings is 3. The van der Waals surface area contributed by atoms with Crippen molar-refractivity contribution in [3.63, 3.8) is 0 Å². The fourth-order valence-electron chi connectivity index (χ4n) is 3.28. The van der Waals surface area contributed by atoms with Crippen molar-refractivity contribution in [2.24, 2.45) is 0 Å². The van der Waals surface area contributed by atoms with Gasteiger partial charge in [0.15, 0.2) is 11.5 Å². The zero-order chi connectivity index (χ0) is 19.9. The van der Waals surface area contributed by atoms with Crippen LogP contribution in [0.3, 0.4) is 0 Å². The average molecular weight is 375 g/mol. The second kappa shape index (κ2) is 9.09. The Morgan fingerprint density at radius 3 is 2.25 bits per heavy atom. The summed E-state index contributed by atoms with van der Waals surface area (Å²) in [5.74, 6) is 1.21. The lowest BCUT2D eigenvalue weighted by molar-refractivity contribution is -0.120. The van der Waals surface area contributed by atoms with Gasteiger partial charge in [-0.2, -0.15) is 0 Å². The molecule has 0 aliphatic carbocycles. The number of rotatable bonds is 7. The summed E-state index contributed by atoms with van der Waals surface area (Å²) in [5.41, 5.74) is 4.15. The molecule has 0 heterocycles. The predicted octanol–water partition coefficient (Wildman–Crippen LogP) is 4.46. The van der Waals surface area contributed by atoms with Gasteiger partial charge in [-0.25, -0.2) is 0 Å². The predicted molar refractivity (Wildman–Crippen MR) is 111 cm³/mol.